The van der Waals surface area contributed by atoms with Crippen molar-refractivity contribution in [2.75, 3.05) is 0 Å². The molecule has 88 valence electrons. The summed E-state index contributed by atoms with van der Waals surface area (Å²) in [6.07, 6.45) is 3.59. The minimum absolute atomic E-state index is 0.0108. The monoisotopic (exact) mass is 236 g/mol. The Morgan fingerprint density at radius 2 is 1.94 bits per heavy atom. The zero-order chi connectivity index (χ0) is 12.5. The van der Waals surface area contributed by atoms with Crippen LogP contribution >= 0.6 is 0 Å². The van der Waals surface area contributed by atoms with Crippen LogP contribution in [0.5, 0.6) is 0 Å². The van der Waals surface area contributed by atoms with E-state index in [0.29, 0.717) is 0 Å². The highest BCUT2D eigenvalue weighted by Gasteiger charge is 2.02. The summed E-state index contributed by atoms with van der Waals surface area (Å²) in [5.74, 6) is 0. The number of nitrogens with zero attached hydrogens (tertiary/aromatic N) is 2. The van der Waals surface area contributed by atoms with Gasteiger partial charge in [0.05, 0.1) is 5.52 Å². The van der Waals surface area contributed by atoms with Crippen LogP contribution < -0.4 is 5.56 Å². The Hall–Kier alpha value is -2.42. The van der Waals surface area contributed by atoms with E-state index in [9.17, 15) is 4.79 Å². The molecule has 3 aromatic rings. The van der Waals surface area contributed by atoms with Gasteiger partial charge in [-0.15, -0.1) is 0 Å². The number of benzene rings is 1. The lowest BCUT2D eigenvalue weighted by Gasteiger charge is -2.06. The second-order valence-electron chi connectivity index (χ2n) is 4.25. The fourth-order valence-corrected chi connectivity index (χ4v) is 2.10. The Morgan fingerprint density at radius 1 is 1.06 bits per heavy atom. The number of hydrogen-bond donors (Lipinski definition) is 0. The maximum absolute atomic E-state index is 11.5. The summed E-state index contributed by atoms with van der Waals surface area (Å²) >= 11 is 0. The lowest BCUT2D eigenvalue weighted by molar-refractivity contribution is 0.906. The van der Waals surface area contributed by atoms with Gasteiger partial charge in [-0.2, -0.15) is 0 Å². The van der Waals surface area contributed by atoms with Crippen molar-refractivity contribution in [1.29, 1.82) is 0 Å². The van der Waals surface area contributed by atoms with Crippen LogP contribution in [0, 0.1) is 0 Å². The normalized spacial score (nSPS) is 10.7. The van der Waals surface area contributed by atoms with E-state index in [1.54, 1.807) is 23.9 Å². The highest BCUT2D eigenvalue weighted by atomic mass is 16.1. The van der Waals surface area contributed by atoms with E-state index in [0.717, 1.165) is 22.0 Å². The third-order valence-electron chi connectivity index (χ3n) is 3.12. The van der Waals surface area contributed by atoms with Gasteiger partial charge in [-0.25, -0.2) is 0 Å². The number of hydrogen-bond acceptors (Lipinski definition) is 2. The topological polar surface area (TPSA) is 34.9 Å². The van der Waals surface area contributed by atoms with Gasteiger partial charge in [0.2, 0.25) is 0 Å². The summed E-state index contributed by atoms with van der Waals surface area (Å²) in [6.45, 7) is 0. The van der Waals surface area contributed by atoms with E-state index < -0.39 is 0 Å². The Kier molecular flexibility index (Phi) is 2.45. The molecule has 18 heavy (non-hydrogen) atoms. The SMILES string of the molecule is Cn1c(=O)ccc2cc(-c3cccnc3)ccc21. The molecule has 0 atom stereocenters. The molecule has 3 heteroatoms. The first-order valence-electron chi connectivity index (χ1n) is 5.76. The molecular weight excluding hydrogens is 224 g/mol. The molecule has 0 radical (unpaired) electrons. The molecule has 2 heterocycles. The van der Waals surface area contributed by atoms with Crippen LogP contribution in [0.3, 0.4) is 0 Å². The Balaban J connectivity index is 2.25. The molecule has 0 aliphatic heterocycles. The smallest absolute Gasteiger partial charge is 0.250 e. The first kappa shape index (κ1) is 10.7. The third-order valence-corrected chi connectivity index (χ3v) is 3.12. The zero-order valence-electron chi connectivity index (χ0n) is 10.00. The van der Waals surface area contributed by atoms with E-state index >= 15 is 0 Å². The van der Waals surface area contributed by atoms with Crippen molar-refractivity contribution < 1.29 is 0 Å². The Labute approximate surface area is 104 Å². The predicted molar refractivity (Wildman–Crippen MR) is 72.4 cm³/mol. The van der Waals surface area contributed by atoms with Gasteiger partial charge in [-0.3, -0.25) is 9.78 Å². The van der Waals surface area contributed by atoms with Crippen LogP contribution in [0.2, 0.25) is 0 Å². The summed E-state index contributed by atoms with van der Waals surface area (Å²) in [6, 6.07) is 13.5. The molecule has 0 N–H and O–H groups in total. The van der Waals surface area contributed by atoms with Crippen molar-refractivity contribution in [3.05, 3.63) is 65.2 Å². The fraction of sp³-hybridized carbons (Fsp3) is 0.0667. The van der Waals surface area contributed by atoms with E-state index in [-0.39, 0.29) is 5.56 Å². The average Bonchev–Trinajstić information content (AvgIpc) is 2.44. The standard InChI is InChI=1S/C15H12N2O/c1-17-14-6-4-11(13-3-2-8-16-10-13)9-12(14)5-7-15(17)18/h2-10H,1H3. The van der Waals surface area contributed by atoms with Crippen molar-refractivity contribution in [3.8, 4) is 11.1 Å². The quantitative estimate of drug-likeness (QED) is 0.651. The minimum atomic E-state index is 0.0108. The third kappa shape index (κ3) is 1.70. The molecule has 0 fully saturated rings. The van der Waals surface area contributed by atoms with Crippen molar-refractivity contribution in [1.82, 2.24) is 9.55 Å². The molecule has 0 spiro atoms. The summed E-state index contributed by atoms with van der Waals surface area (Å²) < 4.78 is 1.66. The van der Waals surface area contributed by atoms with Crippen LogP contribution in [-0.4, -0.2) is 9.55 Å². The first-order valence-corrected chi connectivity index (χ1v) is 5.76. The fourth-order valence-electron chi connectivity index (χ4n) is 2.10. The van der Waals surface area contributed by atoms with Crippen LogP contribution in [0.25, 0.3) is 22.0 Å². The lowest BCUT2D eigenvalue weighted by Crippen LogP contribution is -2.14. The minimum Gasteiger partial charge on any atom is -0.311 e. The van der Waals surface area contributed by atoms with E-state index in [1.165, 1.54) is 0 Å². The van der Waals surface area contributed by atoms with Gasteiger partial charge in [0, 0.05) is 31.1 Å². The van der Waals surface area contributed by atoms with Crippen LogP contribution in [0.4, 0.5) is 0 Å². The molecule has 0 bridgehead atoms. The summed E-state index contributed by atoms with van der Waals surface area (Å²) in [7, 11) is 1.79. The number of aromatic nitrogens is 2. The van der Waals surface area contributed by atoms with Crippen molar-refractivity contribution in [3.63, 3.8) is 0 Å². The first-order chi connectivity index (χ1) is 8.75. The number of rotatable bonds is 1. The van der Waals surface area contributed by atoms with Gasteiger partial charge in [0.25, 0.3) is 5.56 Å². The van der Waals surface area contributed by atoms with Crippen LogP contribution in [-0.2, 0) is 7.05 Å². The second kappa shape index (κ2) is 4.11. The van der Waals surface area contributed by atoms with Gasteiger partial charge >= 0.3 is 0 Å². The van der Waals surface area contributed by atoms with Gasteiger partial charge in [-0.1, -0.05) is 12.1 Å². The number of aryl methyl sites for hydroxylation is 1. The maximum Gasteiger partial charge on any atom is 0.250 e. The molecule has 0 amide bonds. The number of fused-ring (bicyclic) bond motifs is 1. The molecule has 0 saturated carbocycles. The van der Waals surface area contributed by atoms with Crippen LogP contribution in [0.15, 0.2) is 59.7 Å². The largest absolute Gasteiger partial charge is 0.311 e. The van der Waals surface area contributed by atoms with Gasteiger partial charge in [0.1, 0.15) is 0 Å². The van der Waals surface area contributed by atoms with Crippen molar-refractivity contribution in [2.24, 2.45) is 7.05 Å². The summed E-state index contributed by atoms with van der Waals surface area (Å²) in [4.78, 5) is 15.7. The predicted octanol–water partition coefficient (Wildman–Crippen LogP) is 2.60. The molecule has 0 unspecified atom stereocenters. The van der Waals surface area contributed by atoms with Gasteiger partial charge < -0.3 is 4.57 Å². The summed E-state index contributed by atoms with van der Waals surface area (Å²) in [5, 5.41) is 1.05. The van der Waals surface area contributed by atoms with Gasteiger partial charge in [-0.05, 0) is 35.2 Å². The number of pyridine rings is 2. The second-order valence-corrected chi connectivity index (χ2v) is 4.25. The van der Waals surface area contributed by atoms with Gasteiger partial charge in [0.15, 0.2) is 0 Å². The molecule has 0 aliphatic rings. The van der Waals surface area contributed by atoms with Crippen LogP contribution in [0.1, 0.15) is 0 Å². The Morgan fingerprint density at radius 3 is 2.72 bits per heavy atom. The van der Waals surface area contributed by atoms with Crippen molar-refractivity contribution in [2.45, 2.75) is 0 Å². The summed E-state index contributed by atoms with van der Waals surface area (Å²) in [5.41, 5.74) is 3.13. The molecule has 0 saturated heterocycles. The van der Waals surface area contributed by atoms with Crippen molar-refractivity contribution >= 4 is 10.9 Å². The zero-order valence-corrected chi connectivity index (χ0v) is 10.00. The van der Waals surface area contributed by atoms with E-state index in [1.807, 2.05) is 36.5 Å². The molecular formula is C15H12N2O. The maximum atomic E-state index is 11.5. The molecule has 3 rings (SSSR count). The average molecular weight is 236 g/mol. The molecule has 1 aromatic carbocycles. The molecule has 2 aromatic heterocycles. The highest BCUT2D eigenvalue weighted by Crippen LogP contribution is 2.22. The van der Waals surface area contributed by atoms with E-state index in [4.69, 9.17) is 0 Å². The molecule has 3 nitrogen and oxygen atoms in total. The molecule has 0 aliphatic carbocycles. The Bertz CT molecular complexity index is 760. The highest BCUT2D eigenvalue weighted by molar-refractivity contribution is 5.84. The lowest BCUT2D eigenvalue weighted by atomic mass is 10.1. The van der Waals surface area contributed by atoms with E-state index in [2.05, 4.69) is 11.1 Å².